The maximum atomic E-state index is 8.98. The lowest BCUT2D eigenvalue weighted by molar-refractivity contribution is 0.196. The molecule has 0 saturated carbocycles. The number of likely N-dealkylation sites (tertiary alicyclic amines) is 1. The molecule has 0 aromatic heterocycles. The topological polar surface area (TPSA) is 47.3 Å². The van der Waals surface area contributed by atoms with Crippen molar-refractivity contribution in [3.05, 3.63) is 0 Å². The molecule has 0 bridgehead atoms. The summed E-state index contributed by atoms with van der Waals surface area (Å²) in [5.74, 6) is 0.438. The summed E-state index contributed by atoms with van der Waals surface area (Å²) in [6.07, 6.45) is 2.73. The second-order valence-corrected chi connectivity index (χ2v) is 3.76. The average molecular weight is 182 g/mol. The largest absolute Gasteiger partial charge is 0.396 e. The molecule has 1 saturated heterocycles. The first kappa shape index (κ1) is 10.5. The van der Waals surface area contributed by atoms with Crippen LogP contribution in [-0.2, 0) is 0 Å². The van der Waals surface area contributed by atoms with Crippen LogP contribution in [0.15, 0.2) is 0 Å². The highest BCUT2D eigenvalue weighted by Gasteiger charge is 2.26. The van der Waals surface area contributed by atoms with Gasteiger partial charge in [0.15, 0.2) is 0 Å². The average Bonchev–Trinajstić information content (AvgIpc) is 2.62. The molecule has 0 radical (unpaired) electrons. The van der Waals surface area contributed by atoms with E-state index in [4.69, 9.17) is 10.4 Å². The van der Waals surface area contributed by atoms with Gasteiger partial charge in [-0.05, 0) is 25.3 Å². The van der Waals surface area contributed by atoms with Gasteiger partial charge in [-0.25, -0.2) is 0 Å². The molecule has 0 aliphatic carbocycles. The van der Waals surface area contributed by atoms with Crippen LogP contribution < -0.4 is 0 Å². The van der Waals surface area contributed by atoms with E-state index in [-0.39, 0.29) is 0 Å². The standard InChI is InChI=1S/C10H18N2O/c1-2-10(3-5-11)12-6-4-9(7-12)8-13/h9-10,13H,2-4,6-8H2,1H3. The van der Waals surface area contributed by atoms with Gasteiger partial charge in [0.1, 0.15) is 0 Å². The Kier molecular flexibility index (Phi) is 4.20. The van der Waals surface area contributed by atoms with Crippen molar-refractivity contribution in [1.29, 1.82) is 5.26 Å². The van der Waals surface area contributed by atoms with Gasteiger partial charge in [0, 0.05) is 19.2 Å². The Morgan fingerprint density at radius 3 is 2.92 bits per heavy atom. The van der Waals surface area contributed by atoms with Gasteiger partial charge in [-0.2, -0.15) is 5.26 Å². The molecular formula is C10H18N2O. The number of aliphatic hydroxyl groups excluding tert-OH is 1. The van der Waals surface area contributed by atoms with Gasteiger partial charge >= 0.3 is 0 Å². The molecule has 74 valence electrons. The van der Waals surface area contributed by atoms with Crippen LogP contribution in [0, 0.1) is 17.2 Å². The summed E-state index contributed by atoms with van der Waals surface area (Å²) >= 11 is 0. The normalized spacial score (nSPS) is 25.8. The Hall–Kier alpha value is -0.590. The minimum atomic E-state index is 0.291. The molecule has 1 aliphatic rings. The molecule has 3 nitrogen and oxygen atoms in total. The molecule has 1 N–H and O–H groups in total. The molecule has 0 spiro atoms. The first-order valence-corrected chi connectivity index (χ1v) is 5.03. The van der Waals surface area contributed by atoms with Crippen molar-refractivity contribution in [3.63, 3.8) is 0 Å². The number of aliphatic hydroxyl groups is 1. The van der Waals surface area contributed by atoms with Gasteiger partial charge < -0.3 is 5.11 Å². The molecule has 1 rings (SSSR count). The molecule has 2 unspecified atom stereocenters. The van der Waals surface area contributed by atoms with Gasteiger partial charge in [0.25, 0.3) is 0 Å². The zero-order valence-electron chi connectivity index (χ0n) is 8.24. The molecule has 3 heteroatoms. The number of hydrogen-bond donors (Lipinski definition) is 1. The monoisotopic (exact) mass is 182 g/mol. The third kappa shape index (κ3) is 2.68. The van der Waals surface area contributed by atoms with Crippen LogP contribution in [0.4, 0.5) is 0 Å². The molecule has 1 heterocycles. The highest BCUT2D eigenvalue weighted by Crippen LogP contribution is 2.20. The summed E-state index contributed by atoms with van der Waals surface area (Å²) in [4.78, 5) is 2.34. The predicted molar refractivity (Wildman–Crippen MR) is 51.1 cm³/mol. The summed E-state index contributed by atoms with van der Waals surface area (Å²) in [5, 5.41) is 17.6. The molecule has 1 fully saturated rings. The fourth-order valence-electron chi connectivity index (χ4n) is 1.98. The quantitative estimate of drug-likeness (QED) is 0.705. The molecular weight excluding hydrogens is 164 g/mol. The van der Waals surface area contributed by atoms with Crippen molar-refractivity contribution in [3.8, 4) is 6.07 Å². The molecule has 2 atom stereocenters. The van der Waals surface area contributed by atoms with Crippen molar-refractivity contribution in [2.24, 2.45) is 5.92 Å². The zero-order chi connectivity index (χ0) is 9.68. The van der Waals surface area contributed by atoms with Crippen molar-refractivity contribution >= 4 is 0 Å². The van der Waals surface area contributed by atoms with Crippen molar-refractivity contribution in [2.75, 3.05) is 19.7 Å². The van der Waals surface area contributed by atoms with Gasteiger partial charge in [-0.3, -0.25) is 4.90 Å². The number of hydrogen-bond acceptors (Lipinski definition) is 3. The van der Waals surface area contributed by atoms with Crippen molar-refractivity contribution < 1.29 is 5.11 Å². The second kappa shape index (κ2) is 5.21. The van der Waals surface area contributed by atoms with Crippen LogP contribution in [0.5, 0.6) is 0 Å². The summed E-state index contributed by atoms with van der Waals surface area (Å²) in [6, 6.07) is 2.63. The van der Waals surface area contributed by atoms with Crippen molar-refractivity contribution in [1.82, 2.24) is 4.90 Å². The molecule has 0 amide bonds. The van der Waals surface area contributed by atoms with Crippen LogP contribution in [-0.4, -0.2) is 35.7 Å². The number of nitriles is 1. The summed E-state index contributed by atoms with van der Waals surface area (Å²) in [5.41, 5.74) is 0. The Morgan fingerprint density at radius 2 is 2.46 bits per heavy atom. The van der Waals surface area contributed by atoms with E-state index >= 15 is 0 Å². The lowest BCUT2D eigenvalue weighted by Crippen LogP contribution is -2.32. The van der Waals surface area contributed by atoms with Crippen LogP contribution in [0.3, 0.4) is 0 Å². The molecule has 1 aliphatic heterocycles. The maximum absolute atomic E-state index is 8.98. The number of rotatable bonds is 4. The maximum Gasteiger partial charge on any atom is 0.0638 e. The SMILES string of the molecule is CCC(CC#N)N1CCC(CO)C1. The minimum Gasteiger partial charge on any atom is -0.396 e. The Labute approximate surface area is 80.0 Å². The highest BCUT2D eigenvalue weighted by atomic mass is 16.3. The molecule has 13 heavy (non-hydrogen) atoms. The first-order chi connectivity index (χ1) is 6.31. The van der Waals surface area contributed by atoms with Gasteiger partial charge in [-0.1, -0.05) is 6.92 Å². The third-order valence-electron chi connectivity index (χ3n) is 2.89. The lowest BCUT2D eigenvalue weighted by atomic mass is 10.1. The van der Waals surface area contributed by atoms with Crippen LogP contribution in [0.2, 0.25) is 0 Å². The fraction of sp³-hybridized carbons (Fsp3) is 0.900. The van der Waals surface area contributed by atoms with Gasteiger partial charge in [0.2, 0.25) is 0 Å². The second-order valence-electron chi connectivity index (χ2n) is 3.76. The number of nitrogens with zero attached hydrogens (tertiary/aromatic N) is 2. The first-order valence-electron chi connectivity index (χ1n) is 5.03. The fourth-order valence-corrected chi connectivity index (χ4v) is 1.98. The van der Waals surface area contributed by atoms with E-state index in [2.05, 4.69) is 17.9 Å². The third-order valence-corrected chi connectivity index (χ3v) is 2.89. The van der Waals surface area contributed by atoms with E-state index in [9.17, 15) is 0 Å². The Balaban J connectivity index is 2.39. The predicted octanol–water partition coefficient (Wildman–Crippen LogP) is 0.993. The van der Waals surface area contributed by atoms with E-state index in [1.54, 1.807) is 0 Å². The van der Waals surface area contributed by atoms with Gasteiger partial charge in [-0.15, -0.1) is 0 Å². The Bertz CT molecular complexity index is 188. The summed E-state index contributed by atoms with van der Waals surface area (Å²) in [7, 11) is 0. The van der Waals surface area contributed by atoms with E-state index < -0.39 is 0 Å². The van der Waals surface area contributed by atoms with Crippen LogP contribution in [0.1, 0.15) is 26.2 Å². The smallest absolute Gasteiger partial charge is 0.0638 e. The summed E-state index contributed by atoms with van der Waals surface area (Å²) < 4.78 is 0. The molecule has 0 aromatic carbocycles. The van der Waals surface area contributed by atoms with E-state index in [0.717, 1.165) is 25.9 Å². The van der Waals surface area contributed by atoms with Crippen LogP contribution in [0.25, 0.3) is 0 Å². The van der Waals surface area contributed by atoms with Crippen molar-refractivity contribution in [2.45, 2.75) is 32.2 Å². The minimum absolute atomic E-state index is 0.291. The van der Waals surface area contributed by atoms with E-state index in [0.29, 0.717) is 25.0 Å². The zero-order valence-corrected chi connectivity index (χ0v) is 8.24. The molecule has 0 aromatic rings. The summed E-state index contributed by atoms with van der Waals surface area (Å²) in [6.45, 7) is 4.43. The van der Waals surface area contributed by atoms with E-state index in [1.165, 1.54) is 0 Å². The lowest BCUT2D eigenvalue weighted by Gasteiger charge is -2.24. The van der Waals surface area contributed by atoms with Crippen LogP contribution >= 0.6 is 0 Å². The Morgan fingerprint density at radius 1 is 1.69 bits per heavy atom. The van der Waals surface area contributed by atoms with E-state index in [1.807, 2.05) is 0 Å². The van der Waals surface area contributed by atoms with Gasteiger partial charge in [0.05, 0.1) is 12.5 Å². The highest BCUT2D eigenvalue weighted by molar-refractivity contribution is 4.86.